The molecule has 0 unspecified atom stereocenters. The third kappa shape index (κ3) is 2.13. The number of hydrogen-bond donors (Lipinski definition) is 3. The van der Waals surface area contributed by atoms with Crippen molar-refractivity contribution in [1.82, 2.24) is 10.6 Å². The average molecular weight is 226 g/mol. The summed E-state index contributed by atoms with van der Waals surface area (Å²) in [5.74, 6) is -0.925. The number of amides is 2. The largest absolute Gasteiger partial charge is 0.480 e. The summed E-state index contributed by atoms with van der Waals surface area (Å²) in [4.78, 5) is 22.6. The number of nitrogens with one attached hydrogen (secondary N) is 2. The van der Waals surface area contributed by atoms with Crippen molar-refractivity contribution in [3.05, 3.63) is 0 Å². The maximum Gasteiger partial charge on any atom is 0.329 e. The van der Waals surface area contributed by atoms with Crippen LogP contribution < -0.4 is 10.6 Å². The highest BCUT2D eigenvalue weighted by atomic mass is 16.4. The van der Waals surface area contributed by atoms with Crippen molar-refractivity contribution in [3.8, 4) is 0 Å². The van der Waals surface area contributed by atoms with Crippen molar-refractivity contribution < 1.29 is 14.7 Å². The number of carboxylic acid groups (broad SMARTS) is 1. The Bertz CT molecular complexity index is 319. The van der Waals surface area contributed by atoms with Gasteiger partial charge in [-0.15, -0.1) is 0 Å². The second-order valence-corrected chi connectivity index (χ2v) is 5.36. The number of rotatable bonds is 4. The molecule has 5 nitrogen and oxygen atoms in total. The Balaban J connectivity index is 1.79. The van der Waals surface area contributed by atoms with Crippen molar-refractivity contribution in [2.75, 3.05) is 6.54 Å². The lowest BCUT2D eigenvalue weighted by Gasteiger charge is -2.38. The van der Waals surface area contributed by atoms with E-state index in [1.165, 1.54) is 0 Å². The quantitative estimate of drug-likeness (QED) is 0.671. The van der Waals surface area contributed by atoms with Gasteiger partial charge in [0, 0.05) is 6.54 Å². The molecule has 3 N–H and O–H groups in total. The molecule has 0 bridgehead atoms. The zero-order valence-corrected chi connectivity index (χ0v) is 9.51. The summed E-state index contributed by atoms with van der Waals surface area (Å²) >= 11 is 0. The molecule has 2 rings (SSSR count). The van der Waals surface area contributed by atoms with Crippen molar-refractivity contribution >= 4 is 12.0 Å². The molecule has 2 aliphatic rings. The molecule has 0 spiro atoms. The van der Waals surface area contributed by atoms with Crippen LogP contribution >= 0.6 is 0 Å². The fraction of sp³-hybridized carbons (Fsp3) is 0.818. The summed E-state index contributed by atoms with van der Waals surface area (Å²) < 4.78 is 0. The van der Waals surface area contributed by atoms with Crippen LogP contribution in [-0.2, 0) is 4.79 Å². The van der Waals surface area contributed by atoms with E-state index in [-0.39, 0.29) is 11.4 Å². The monoisotopic (exact) mass is 226 g/mol. The standard InChI is InChI=1S/C11H18N2O3/c1-10(5-6-10)7-12-9(16)13-11(8(14)15)3-2-4-11/h2-7H2,1H3,(H,14,15)(H2,12,13,16). The first-order valence-electron chi connectivity index (χ1n) is 5.75. The number of carbonyl (C=O) groups is 2. The second kappa shape index (κ2) is 3.64. The molecule has 0 aromatic carbocycles. The summed E-state index contributed by atoms with van der Waals surface area (Å²) in [7, 11) is 0. The minimum atomic E-state index is -1.01. The molecule has 0 atom stereocenters. The zero-order valence-electron chi connectivity index (χ0n) is 9.51. The molecular weight excluding hydrogens is 208 g/mol. The van der Waals surface area contributed by atoms with Gasteiger partial charge in [0.1, 0.15) is 5.54 Å². The van der Waals surface area contributed by atoms with Crippen LogP contribution in [-0.4, -0.2) is 29.2 Å². The molecule has 16 heavy (non-hydrogen) atoms. The molecule has 5 heteroatoms. The van der Waals surface area contributed by atoms with Crippen molar-refractivity contribution in [1.29, 1.82) is 0 Å². The van der Waals surface area contributed by atoms with Crippen molar-refractivity contribution in [3.63, 3.8) is 0 Å². The predicted octanol–water partition coefficient (Wildman–Crippen LogP) is 1.09. The molecule has 0 aliphatic heterocycles. The van der Waals surface area contributed by atoms with E-state index in [2.05, 4.69) is 17.6 Å². The topological polar surface area (TPSA) is 78.4 Å². The highest BCUT2D eigenvalue weighted by Gasteiger charge is 2.46. The maximum atomic E-state index is 11.5. The van der Waals surface area contributed by atoms with E-state index < -0.39 is 11.5 Å². The maximum absolute atomic E-state index is 11.5. The third-order valence-corrected chi connectivity index (χ3v) is 3.75. The van der Waals surface area contributed by atoms with Gasteiger partial charge in [0.05, 0.1) is 0 Å². The van der Waals surface area contributed by atoms with Gasteiger partial charge >= 0.3 is 12.0 Å². The van der Waals surface area contributed by atoms with Crippen LogP contribution in [0.25, 0.3) is 0 Å². The molecular formula is C11H18N2O3. The molecule has 2 aliphatic carbocycles. The van der Waals surface area contributed by atoms with Gasteiger partial charge < -0.3 is 15.7 Å². The van der Waals surface area contributed by atoms with E-state index in [1.54, 1.807) is 0 Å². The number of urea groups is 1. The minimum absolute atomic E-state index is 0.243. The predicted molar refractivity (Wildman–Crippen MR) is 58.1 cm³/mol. The van der Waals surface area contributed by atoms with Gasteiger partial charge in [0.25, 0.3) is 0 Å². The third-order valence-electron chi connectivity index (χ3n) is 3.75. The Morgan fingerprint density at radius 3 is 2.25 bits per heavy atom. The molecule has 0 aromatic heterocycles. The first kappa shape index (κ1) is 11.2. The Morgan fingerprint density at radius 2 is 1.88 bits per heavy atom. The lowest BCUT2D eigenvalue weighted by Crippen LogP contribution is -2.61. The van der Waals surface area contributed by atoms with E-state index in [4.69, 9.17) is 5.11 Å². The van der Waals surface area contributed by atoms with Crippen molar-refractivity contribution in [2.24, 2.45) is 5.41 Å². The summed E-state index contributed by atoms with van der Waals surface area (Å²) in [5, 5.41) is 14.4. The molecule has 2 amide bonds. The van der Waals surface area contributed by atoms with E-state index >= 15 is 0 Å². The molecule has 90 valence electrons. The summed E-state index contributed by atoms with van der Waals surface area (Å²) in [5.41, 5.74) is -0.762. The smallest absolute Gasteiger partial charge is 0.329 e. The van der Waals surface area contributed by atoms with Crippen LogP contribution in [0, 0.1) is 5.41 Å². The Morgan fingerprint density at radius 1 is 1.25 bits per heavy atom. The number of carboxylic acids is 1. The van der Waals surface area contributed by atoms with Gasteiger partial charge in [-0.05, 0) is 37.5 Å². The van der Waals surface area contributed by atoms with Gasteiger partial charge in [-0.1, -0.05) is 6.92 Å². The van der Waals surface area contributed by atoms with Gasteiger partial charge in [0.15, 0.2) is 0 Å². The summed E-state index contributed by atoms with van der Waals surface area (Å²) in [6.07, 6.45) is 4.21. The van der Waals surface area contributed by atoms with Crippen LogP contribution in [0.3, 0.4) is 0 Å². The Labute approximate surface area is 94.6 Å². The SMILES string of the molecule is CC1(CNC(=O)NC2(C(=O)O)CCC2)CC1. The van der Waals surface area contributed by atoms with Gasteiger partial charge in [-0.3, -0.25) is 0 Å². The Hall–Kier alpha value is -1.26. The second-order valence-electron chi connectivity index (χ2n) is 5.36. The molecule has 0 heterocycles. The van der Waals surface area contributed by atoms with E-state index in [0.29, 0.717) is 19.4 Å². The number of hydrogen-bond acceptors (Lipinski definition) is 2. The van der Waals surface area contributed by atoms with Gasteiger partial charge in [-0.25, -0.2) is 9.59 Å². The first-order valence-corrected chi connectivity index (χ1v) is 5.75. The average Bonchev–Trinajstić information content (AvgIpc) is 2.87. The highest BCUT2D eigenvalue weighted by Crippen LogP contribution is 2.44. The highest BCUT2D eigenvalue weighted by molar-refractivity contribution is 5.87. The molecule has 0 saturated heterocycles. The summed E-state index contributed by atoms with van der Waals surface area (Å²) in [6.45, 7) is 2.75. The van der Waals surface area contributed by atoms with Gasteiger partial charge in [-0.2, -0.15) is 0 Å². The molecule has 2 saturated carbocycles. The Kier molecular flexibility index (Phi) is 2.56. The van der Waals surface area contributed by atoms with E-state index in [9.17, 15) is 9.59 Å². The molecule has 0 aromatic rings. The number of carbonyl (C=O) groups excluding carboxylic acids is 1. The lowest BCUT2D eigenvalue weighted by atomic mass is 9.77. The van der Waals surface area contributed by atoms with Gasteiger partial charge in [0.2, 0.25) is 0 Å². The van der Waals surface area contributed by atoms with Crippen LogP contribution in [0.4, 0.5) is 4.79 Å². The fourth-order valence-corrected chi connectivity index (χ4v) is 1.87. The van der Waals surface area contributed by atoms with Crippen LogP contribution in [0.15, 0.2) is 0 Å². The number of aliphatic carboxylic acids is 1. The molecule has 0 radical (unpaired) electrons. The summed E-state index contributed by atoms with van der Waals surface area (Å²) in [6, 6.07) is -0.352. The van der Waals surface area contributed by atoms with Crippen LogP contribution in [0.2, 0.25) is 0 Å². The van der Waals surface area contributed by atoms with Crippen molar-refractivity contribution in [2.45, 2.75) is 44.6 Å². The van der Waals surface area contributed by atoms with Crippen LogP contribution in [0.5, 0.6) is 0 Å². The molecule has 2 fully saturated rings. The first-order chi connectivity index (χ1) is 7.46. The lowest BCUT2D eigenvalue weighted by molar-refractivity contribution is -0.148. The zero-order chi connectivity index (χ0) is 11.8. The normalized spacial score (nSPS) is 24.1. The van der Waals surface area contributed by atoms with E-state index in [1.807, 2.05) is 0 Å². The minimum Gasteiger partial charge on any atom is -0.480 e. The van der Waals surface area contributed by atoms with Crippen LogP contribution in [0.1, 0.15) is 39.0 Å². The fourth-order valence-electron chi connectivity index (χ4n) is 1.87. The van der Waals surface area contributed by atoms with E-state index in [0.717, 1.165) is 19.3 Å².